The minimum absolute atomic E-state index is 0.472. The van der Waals surface area contributed by atoms with E-state index < -0.39 is 58.8 Å². The molecule has 0 aromatic carbocycles. The number of hydrogen-bond acceptors (Lipinski definition) is 10. The molecule has 1 aromatic heterocycles. The van der Waals surface area contributed by atoms with Crippen LogP contribution in [0.4, 0.5) is 0 Å². The molecule has 8 N–H and O–H groups in total. The van der Waals surface area contributed by atoms with E-state index in [0.29, 0.717) is 4.90 Å². The van der Waals surface area contributed by atoms with E-state index in [1.165, 1.54) is 0 Å². The fourth-order valence-corrected chi connectivity index (χ4v) is 2.08. The van der Waals surface area contributed by atoms with E-state index in [0.717, 1.165) is 7.05 Å². The van der Waals surface area contributed by atoms with Crippen LogP contribution in [0.1, 0.15) is 5.56 Å². The number of pyridine rings is 1. The summed E-state index contributed by atoms with van der Waals surface area (Å²) in [5.74, 6) is -11.4. The van der Waals surface area contributed by atoms with Gasteiger partial charge in [0.2, 0.25) is 11.6 Å². The van der Waals surface area contributed by atoms with E-state index in [1.807, 2.05) is 0 Å². The van der Waals surface area contributed by atoms with Crippen molar-refractivity contribution in [3.8, 4) is 17.4 Å². The number of carbonyl (C=O) groups excluding carboxylic acids is 1. The minimum atomic E-state index is -3.54. The summed E-state index contributed by atoms with van der Waals surface area (Å²) < 4.78 is 4.91. The number of aromatic amines is 1. The minimum Gasteiger partial charge on any atom is -0.504 e. The first-order chi connectivity index (χ1) is 10.4. The molecule has 1 atom stereocenters. The molecule has 1 amide bonds. The van der Waals surface area contributed by atoms with Crippen LogP contribution in [-0.2, 0) is 16.1 Å². The first kappa shape index (κ1) is 17.0. The number of aromatic nitrogens is 1. The van der Waals surface area contributed by atoms with Crippen molar-refractivity contribution in [3.63, 3.8) is 0 Å². The Morgan fingerprint density at radius 2 is 1.70 bits per heavy atom. The Kier molecular flexibility index (Phi) is 3.75. The molecule has 128 valence electrons. The average molecular weight is 334 g/mol. The van der Waals surface area contributed by atoms with Gasteiger partial charge in [-0.15, -0.1) is 0 Å². The predicted molar refractivity (Wildman–Crippen MR) is 67.7 cm³/mol. The molecule has 1 unspecified atom stereocenters. The monoisotopic (exact) mass is 334 g/mol. The number of amides is 1. The van der Waals surface area contributed by atoms with Crippen molar-refractivity contribution < 1.29 is 45.3 Å². The third-order valence-electron chi connectivity index (χ3n) is 3.46. The maximum absolute atomic E-state index is 11.5. The lowest BCUT2D eigenvalue weighted by atomic mass is 10.1. The summed E-state index contributed by atoms with van der Waals surface area (Å²) in [4.78, 5) is 24.9. The van der Waals surface area contributed by atoms with Gasteiger partial charge in [0.05, 0.1) is 12.2 Å². The highest BCUT2D eigenvalue weighted by atomic mass is 16.6. The van der Waals surface area contributed by atoms with Crippen LogP contribution in [0, 0.1) is 0 Å². The standard InChI is InChI=1S/C11H14N2O10/c1-13-8(18)10(19,20)11(21,22)9(13)23-2-3-4(14)5(15)7(17)12-6(3)16/h9,15,19-22H,2H2,1H3,(H3,12,14,16,17). The van der Waals surface area contributed by atoms with Crippen molar-refractivity contribution in [2.45, 2.75) is 24.4 Å². The second kappa shape index (κ2) is 5.07. The first-order valence-electron chi connectivity index (χ1n) is 6.07. The predicted octanol–water partition coefficient (Wildman–Crippen LogP) is -3.83. The number of hydrogen-bond donors (Lipinski definition) is 8. The lowest BCUT2D eigenvalue weighted by Gasteiger charge is -2.30. The van der Waals surface area contributed by atoms with E-state index in [9.17, 15) is 45.3 Å². The molecule has 0 saturated carbocycles. The molecule has 2 heterocycles. The number of ether oxygens (including phenoxy) is 1. The number of carbonyl (C=O) groups is 1. The summed E-state index contributed by atoms with van der Waals surface area (Å²) in [6.07, 6.45) is -1.99. The highest BCUT2D eigenvalue weighted by molar-refractivity contribution is 5.87. The summed E-state index contributed by atoms with van der Waals surface area (Å²) in [5, 5.41) is 66.5. The molecule has 0 aliphatic carbocycles. The van der Waals surface area contributed by atoms with Gasteiger partial charge in [0, 0.05) is 7.05 Å². The quantitative estimate of drug-likeness (QED) is 0.253. The van der Waals surface area contributed by atoms with Gasteiger partial charge in [0.1, 0.15) is 0 Å². The van der Waals surface area contributed by atoms with Crippen LogP contribution in [0.15, 0.2) is 4.79 Å². The van der Waals surface area contributed by atoms with Crippen molar-refractivity contribution in [2.75, 3.05) is 7.05 Å². The number of aliphatic hydroxyl groups is 4. The number of H-pyrrole nitrogens is 1. The zero-order valence-electron chi connectivity index (χ0n) is 11.6. The van der Waals surface area contributed by atoms with Crippen LogP contribution in [0.2, 0.25) is 0 Å². The van der Waals surface area contributed by atoms with Crippen LogP contribution in [-0.4, -0.2) is 76.4 Å². The molecular weight excluding hydrogens is 320 g/mol. The largest absolute Gasteiger partial charge is 0.504 e. The molecule has 1 aliphatic rings. The third-order valence-corrected chi connectivity index (χ3v) is 3.46. The zero-order chi connectivity index (χ0) is 17.7. The Morgan fingerprint density at radius 1 is 1.13 bits per heavy atom. The second-order valence-electron chi connectivity index (χ2n) is 4.96. The van der Waals surface area contributed by atoms with Crippen LogP contribution < -0.4 is 5.56 Å². The van der Waals surface area contributed by atoms with Gasteiger partial charge in [-0.1, -0.05) is 0 Å². The van der Waals surface area contributed by atoms with Crippen LogP contribution in [0.5, 0.6) is 17.4 Å². The molecule has 12 heteroatoms. The fourth-order valence-electron chi connectivity index (χ4n) is 2.08. The van der Waals surface area contributed by atoms with Gasteiger partial charge in [-0.05, 0) is 0 Å². The van der Waals surface area contributed by atoms with Crippen molar-refractivity contribution >= 4 is 5.91 Å². The van der Waals surface area contributed by atoms with E-state index >= 15 is 0 Å². The molecule has 1 fully saturated rings. The van der Waals surface area contributed by atoms with Crippen molar-refractivity contribution in [2.24, 2.45) is 0 Å². The Balaban J connectivity index is 2.31. The van der Waals surface area contributed by atoms with Gasteiger partial charge in [-0.25, -0.2) is 0 Å². The number of rotatable bonds is 3. The average Bonchev–Trinajstić information content (AvgIpc) is 2.56. The van der Waals surface area contributed by atoms with Crippen molar-refractivity contribution in [3.05, 3.63) is 15.9 Å². The highest BCUT2D eigenvalue weighted by Gasteiger charge is 2.68. The summed E-state index contributed by atoms with van der Waals surface area (Å²) in [6.45, 7) is -0.830. The molecule has 12 nitrogen and oxygen atoms in total. The molecule has 23 heavy (non-hydrogen) atoms. The number of aromatic hydroxyl groups is 3. The summed E-state index contributed by atoms with van der Waals surface area (Å²) in [6, 6.07) is 0. The number of likely N-dealkylation sites (N-methyl/N-ethyl adjacent to an activating group) is 1. The van der Waals surface area contributed by atoms with Gasteiger partial charge < -0.3 is 45.4 Å². The molecule has 1 saturated heterocycles. The van der Waals surface area contributed by atoms with Crippen molar-refractivity contribution in [1.82, 2.24) is 9.88 Å². The normalized spacial score (nSPS) is 22.6. The molecule has 0 radical (unpaired) electrons. The lowest BCUT2D eigenvalue weighted by Crippen LogP contribution is -2.58. The zero-order valence-corrected chi connectivity index (χ0v) is 11.6. The van der Waals surface area contributed by atoms with Gasteiger partial charge >= 0.3 is 5.79 Å². The molecule has 0 bridgehead atoms. The van der Waals surface area contributed by atoms with Gasteiger partial charge in [-0.3, -0.25) is 14.6 Å². The van der Waals surface area contributed by atoms with Crippen LogP contribution in [0.25, 0.3) is 0 Å². The molecule has 1 aromatic rings. The number of nitrogens with one attached hydrogen (secondary N) is 1. The summed E-state index contributed by atoms with van der Waals surface area (Å²) in [5.41, 5.74) is -1.72. The molecule has 0 spiro atoms. The van der Waals surface area contributed by atoms with E-state index in [1.54, 1.807) is 4.98 Å². The molecule has 2 rings (SSSR count). The number of nitrogens with zero attached hydrogens (tertiary/aromatic N) is 1. The highest BCUT2D eigenvalue weighted by Crippen LogP contribution is 2.36. The Bertz CT molecular complexity index is 709. The summed E-state index contributed by atoms with van der Waals surface area (Å²) in [7, 11) is 0.979. The lowest BCUT2D eigenvalue weighted by molar-refractivity contribution is -0.357. The Morgan fingerprint density at radius 3 is 2.17 bits per heavy atom. The molecule has 1 aliphatic heterocycles. The Labute approximate surface area is 127 Å². The first-order valence-corrected chi connectivity index (χ1v) is 6.07. The molecular formula is C11H14N2O10. The topological polar surface area (TPSA) is 204 Å². The van der Waals surface area contributed by atoms with E-state index in [2.05, 4.69) is 0 Å². The van der Waals surface area contributed by atoms with Crippen LogP contribution >= 0.6 is 0 Å². The van der Waals surface area contributed by atoms with E-state index in [-0.39, 0.29) is 0 Å². The smallest absolute Gasteiger partial charge is 0.305 e. The SMILES string of the molecule is CN1C(=O)C(O)(O)C(O)(O)C1OCc1c(O)[nH]c(=O)c(O)c1O. The maximum Gasteiger partial charge on any atom is 0.305 e. The Hall–Kier alpha value is -2.38. The van der Waals surface area contributed by atoms with Crippen LogP contribution in [0.3, 0.4) is 0 Å². The number of likely N-dealkylation sites (tertiary alicyclic amines) is 1. The maximum atomic E-state index is 11.5. The van der Waals surface area contributed by atoms with E-state index in [4.69, 9.17) is 4.74 Å². The van der Waals surface area contributed by atoms with Crippen molar-refractivity contribution in [1.29, 1.82) is 0 Å². The van der Waals surface area contributed by atoms with Gasteiger partial charge in [0.25, 0.3) is 17.3 Å². The fraction of sp³-hybridized carbons (Fsp3) is 0.455. The third kappa shape index (κ3) is 2.29. The van der Waals surface area contributed by atoms with Gasteiger partial charge in [-0.2, -0.15) is 0 Å². The van der Waals surface area contributed by atoms with Gasteiger partial charge in [0.15, 0.2) is 12.0 Å². The second-order valence-corrected chi connectivity index (χ2v) is 4.96. The summed E-state index contributed by atoms with van der Waals surface area (Å²) >= 11 is 0.